The van der Waals surface area contributed by atoms with Gasteiger partial charge in [-0.2, -0.15) is 4.90 Å². The number of hydrogen-bond donors (Lipinski definition) is 3. The van der Waals surface area contributed by atoms with Crippen molar-refractivity contribution in [2.24, 2.45) is 0 Å². The Kier molecular flexibility index (Phi) is 5.93. The molecule has 148 valence electrons. The van der Waals surface area contributed by atoms with Gasteiger partial charge >= 0.3 is 0 Å². The van der Waals surface area contributed by atoms with Gasteiger partial charge in [0.1, 0.15) is 0 Å². The molecule has 9 heteroatoms. The Labute approximate surface area is 165 Å². The maximum absolute atomic E-state index is 12.4. The molecule has 3 N–H and O–H groups in total. The zero-order valence-corrected chi connectivity index (χ0v) is 15.0. The number of hydrogen-bond acceptors (Lipinski definition) is 7. The minimum Gasteiger partial charge on any atom is -0.733 e. The highest BCUT2D eigenvalue weighted by atomic mass is 16.8. The topological polar surface area (TPSA) is 137 Å². The van der Waals surface area contributed by atoms with E-state index in [0.29, 0.717) is 11.3 Å². The van der Waals surface area contributed by atoms with E-state index in [1.807, 2.05) is 30.3 Å². The summed E-state index contributed by atoms with van der Waals surface area (Å²) >= 11 is 0. The predicted octanol–water partition coefficient (Wildman–Crippen LogP) is 2.60. The van der Waals surface area contributed by atoms with E-state index < -0.39 is 10.8 Å². The number of carbonyl (C=O) groups is 1. The smallest absolute Gasteiger partial charge is 0.269 e. The molecule has 2 aromatic carbocycles. The summed E-state index contributed by atoms with van der Waals surface area (Å²) in [5, 5.41) is 41.1. The largest absolute Gasteiger partial charge is 0.733 e. The first-order valence-corrected chi connectivity index (χ1v) is 8.45. The van der Waals surface area contributed by atoms with Crippen LogP contribution in [0, 0.1) is 15.6 Å². The van der Waals surface area contributed by atoms with Crippen molar-refractivity contribution in [3.63, 3.8) is 0 Å². The monoisotopic (exact) mass is 392 g/mol. The Morgan fingerprint density at radius 3 is 2.03 bits per heavy atom. The summed E-state index contributed by atoms with van der Waals surface area (Å²) in [4.78, 5) is 11.9. The highest BCUT2D eigenvalue weighted by molar-refractivity contribution is 6.03. The molecule has 9 nitrogen and oxygen atoms in total. The number of nitrogens with zero attached hydrogens (tertiary/aromatic N) is 2. The molecule has 2 aromatic rings. The fourth-order valence-electron chi connectivity index (χ4n) is 2.60. The van der Waals surface area contributed by atoms with E-state index in [0.717, 1.165) is 5.56 Å². The Hall–Kier alpha value is -4.08. The number of carbonyl (C=O) groups excluding carboxylic acids is 1. The summed E-state index contributed by atoms with van der Waals surface area (Å²) in [5.74, 6) is -0.470. The Balaban J connectivity index is 1.83. The van der Waals surface area contributed by atoms with E-state index in [1.54, 1.807) is 12.2 Å². The number of anilines is 1. The SMILES string of the molecule is O=C(NNC(=C1C=CC(=[N+]([O-])[O-])C=C1)c1ccccc1)c1ccc(N([O-])O)cc1. The van der Waals surface area contributed by atoms with Gasteiger partial charge in [-0.15, -0.1) is 0 Å². The first-order valence-electron chi connectivity index (χ1n) is 8.45. The van der Waals surface area contributed by atoms with Crippen LogP contribution in [0.15, 0.2) is 84.5 Å². The maximum Gasteiger partial charge on any atom is 0.269 e. The second kappa shape index (κ2) is 8.74. The zero-order valence-electron chi connectivity index (χ0n) is 15.0. The van der Waals surface area contributed by atoms with Crippen LogP contribution in [0.2, 0.25) is 0 Å². The molecule has 0 spiro atoms. The van der Waals surface area contributed by atoms with Crippen molar-refractivity contribution in [1.82, 2.24) is 10.9 Å². The summed E-state index contributed by atoms with van der Waals surface area (Å²) in [6, 6.07) is 14.5. The molecule has 0 bridgehead atoms. The van der Waals surface area contributed by atoms with Crippen LogP contribution in [0.5, 0.6) is 0 Å². The van der Waals surface area contributed by atoms with Gasteiger partial charge in [-0.1, -0.05) is 30.3 Å². The van der Waals surface area contributed by atoms with Gasteiger partial charge in [-0.05, 0) is 42.0 Å². The molecule has 0 heterocycles. The standard InChI is InChI=1S/C20H16N4O5/c25-20(16-8-12-18(13-9-16)24(28)29)22-21-19(14-4-2-1-3-5-14)15-6-10-17(11-7-15)23(26)27/h1-13,21,28H,(H-,22,25,26,27)/q-2. The highest BCUT2D eigenvalue weighted by Gasteiger charge is 2.12. The normalized spacial score (nSPS) is 12.5. The summed E-state index contributed by atoms with van der Waals surface area (Å²) in [7, 11) is 0. The molecule has 29 heavy (non-hydrogen) atoms. The lowest BCUT2D eigenvalue weighted by Crippen LogP contribution is -2.36. The fraction of sp³-hybridized carbons (Fsp3) is 0. The zero-order chi connectivity index (χ0) is 20.8. The second-order valence-electron chi connectivity index (χ2n) is 5.94. The van der Waals surface area contributed by atoms with Gasteiger partial charge in [0.2, 0.25) is 5.71 Å². The van der Waals surface area contributed by atoms with Crippen LogP contribution in [0.4, 0.5) is 5.69 Å². The summed E-state index contributed by atoms with van der Waals surface area (Å²) in [6.07, 6.45) is 5.92. The van der Waals surface area contributed by atoms with Gasteiger partial charge < -0.3 is 20.8 Å². The van der Waals surface area contributed by atoms with Crippen molar-refractivity contribution >= 4 is 23.0 Å². The highest BCUT2D eigenvalue weighted by Crippen LogP contribution is 2.20. The second-order valence-corrected chi connectivity index (χ2v) is 5.94. The van der Waals surface area contributed by atoms with Gasteiger partial charge in [0, 0.05) is 23.3 Å². The average Bonchev–Trinajstić information content (AvgIpc) is 2.75. The van der Waals surface area contributed by atoms with Crippen LogP contribution in [-0.2, 0) is 0 Å². The van der Waals surface area contributed by atoms with Crippen LogP contribution in [-0.4, -0.2) is 21.7 Å². The van der Waals surface area contributed by atoms with Gasteiger partial charge in [-0.25, -0.2) is 0 Å². The molecule has 0 aliphatic heterocycles. The van der Waals surface area contributed by atoms with Crippen molar-refractivity contribution in [3.8, 4) is 0 Å². The lowest BCUT2D eigenvalue weighted by atomic mass is 10.0. The van der Waals surface area contributed by atoms with E-state index in [2.05, 4.69) is 10.9 Å². The van der Waals surface area contributed by atoms with Crippen LogP contribution >= 0.6 is 0 Å². The van der Waals surface area contributed by atoms with Crippen molar-refractivity contribution < 1.29 is 14.9 Å². The van der Waals surface area contributed by atoms with Gasteiger partial charge in [0.15, 0.2) is 0 Å². The van der Waals surface area contributed by atoms with E-state index in [4.69, 9.17) is 5.21 Å². The molecule has 1 aliphatic carbocycles. The quantitative estimate of drug-likeness (QED) is 0.525. The van der Waals surface area contributed by atoms with E-state index in [9.17, 15) is 20.4 Å². The van der Waals surface area contributed by atoms with Gasteiger partial charge in [-0.3, -0.25) is 20.9 Å². The van der Waals surface area contributed by atoms with E-state index in [1.165, 1.54) is 36.4 Å². The van der Waals surface area contributed by atoms with Crippen LogP contribution in [0.25, 0.3) is 5.70 Å². The molecule has 3 rings (SSSR count). The first kappa shape index (κ1) is 19.7. The third-order valence-electron chi connectivity index (χ3n) is 4.08. The number of amides is 1. The molecular formula is C20H16N4O5-2. The number of nitrogens with one attached hydrogen (secondary N) is 2. The minimum atomic E-state index is -0.486. The Bertz CT molecular complexity index is 987. The van der Waals surface area contributed by atoms with Crippen molar-refractivity contribution in [2.75, 3.05) is 5.23 Å². The van der Waals surface area contributed by atoms with E-state index >= 15 is 0 Å². The molecule has 0 unspecified atom stereocenters. The number of rotatable bonds is 5. The lowest BCUT2D eigenvalue weighted by molar-refractivity contribution is -0.377. The third kappa shape index (κ3) is 4.80. The molecule has 0 saturated carbocycles. The van der Waals surface area contributed by atoms with Crippen molar-refractivity contribution in [3.05, 3.63) is 111 Å². The summed E-state index contributed by atoms with van der Waals surface area (Å²) in [5.41, 5.74) is 7.60. The average molecular weight is 392 g/mol. The van der Waals surface area contributed by atoms with Gasteiger partial charge in [0.05, 0.1) is 11.4 Å². The van der Waals surface area contributed by atoms with Crippen LogP contribution in [0.3, 0.4) is 0 Å². The maximum atomic E-state index is 12.4. The molecule has 0 aromatic heterocycles. The summed E-state index contributed by atoms with van der Waals surface area (Å²) < 4.78 is 0. The van der Waals surface area contributed by atoms with Crippen molar-refractivity contribution in [2.45, 2.75) is 0 Å². The lowest BCUT2D eigenvalue weighted by Gasteiger charge is -2.21. The molecule has 0 saturated heterocycles. The minimum absolute atomic E-state index is 0.00285. The first-order chi connectivity index (χ1) is 14.0. The van der Waals surface area contributed by atoms with Gasteiger partial charge in [0.25, 0.3) is 5.91 Å². The number of allylic oxidation sites excluding steroid dienone is 5. The predicted molar refractivity (Wildman–Crippen MR) is 108 cm³/mol. The molecule has 0 atom stereocenters. The van der Waals surface area contributed by atoms with Crippen LogP contribution in [0.1, 0.15) is 15.9 Å². The molecule has 0 radical (unpaired) electrons. The Morgan fingerprint density at radius 2 is 1.48 bits per heavy atom. The number of hydrazine groups is 1. The molecular weight excluding hydrogens is 376 g/mol. The third-order valence-corrected chi connectivity index (χ3v) is 4.08. The van der Waals surface area contributed by atoms with Crippen molar-refractivity contribution in [1.29, 1.82) is 0 Å². The Morgan fingerprint density at radius 1 is 0.862 bits per heavy atom. The molecule has 0 fully saturated rings. The molecule has 1 aliphatic rings. The molecule has 1 amide bonds. The number of benzene rings is 2. The fourth-order valence-corrected chi connectivity index (χ4v) is 2.60. The van der Waals surface area contributed by atoms with Crippen LogP contribution < -0.4 is 16.1 Å². The summed E-state index contributed by atoms with van der Waals surface area (Å²) in [6.45, 7) is 0. The van der Waals surface area contributed by atoms with E-state index in [-0.39, 0.29) is 22.2 Å².